The maximum atomic E-state index is 13.0. The zero-order chi connectivity index (χ0) is 24.3. The Morgan fingerprint density at radius 1 is 1.06 bits per heavy atom. The Labute approximate surface area is 199 Å². The number of carboxylic acids is 1. The van der Waals surface area contributed by atoms with Crippen LogP contribution in [-0.4, -0.2) is 41.8 Å². The number of alkyl carbamates (subject to hydrolysis) is 1. The maximum absolute atomic E-state index is 13.0. The van der Waals surface area contributed by atoms with Crippen molar-refractivity contribution in [1.82, 2.24) is 10.6 Å². The highest BCUT2D eigenvalue weighted by atomic mass is 16.5. The second-order valence-corrected chi connectivity index (χ2v) is 9.56. The van der Waals surface area contributed by atoms with Crippen LogP contribution in [0.25, 0.3) is 11.1 Å². The van der Waals surface area contributed by atoms with Gasteiger partial charge in [0.15, 0.2) is 0 Å². The molecule has 34 heavy (non-hydrogen) atoms. The third-order valence-corrected chi connectivity index (χ3v) is 7.09. The lowest BCUT2D eigenvalue weighted by Gasteiger charge is -2.29. The van der Waals surface area contributed by atoms with Crippen LogP contribution in [0.5, 0.6) is 0 Å². The van der Waals surface area contributed by atoms with E-state index in [1.807, 2.05) is 24.3 Å². The van der Waals surface area contributed by atoms with Crippen LogP contribution >= 0.6 is 0 Å². The Morgan fingerprint density at radius 2 is 1.65 bits per heavy atom. The topological polar surface area (TPSA) is 105 Å². The summed E-state index contributed by atoms with van der Waals surface area (Å²) in [5.41, 5.74) is 3.53. The molecule has 2 atom stereocenters. The molecule has 180 valence electrons. The highest BCUT2D eigenvalue weighted by Gasteiger charge is 2.48. The van der Waals surface area contributed by atoms with E-state index in [0.717, 1.165) is 35.1 Å². The van der Waals surface area contributed by atoms with Crippen molar-refractivity contribution in [1.29, 1.82) is 0 Å². The van der Waals surface area contributed by atoms with E-state index in [0.29, 0.717) is 19.4 Å². The van der Waals surface area contributed by atoms with Crippen LogP contribution in [-0.2, 0) is 14.3 Å². The standard InChI is InChI=1S/C27H32N2O5/c1-17(24(30)31)8-7-15-28-25(32)27(2,18-13-14-18)29-26(33)34-16-23-21-11-5-3-9-19(21)20-10-4-6-12-22(20)23/h3-6,9-12,17-18,23H,7-8,13-16H2,1-2H3,(H,28,32)(H,29,33)(H,30,31). The highest BCUT2D eigenvalue weighted by molar-refractivity contribution is 5.90. The lowest BCUT2D eigenvalue weighted by molar-refractivity contribution is -0.141. The van der Waals surface area contributed by atoms with Crippen LogP contribution in [0.15, 0.2) is 48.5 Å². The first-order valence-corrected chi connectivity index (χ1v) is 12.0. The molecular formula is C27H32N2O5. The van der Waals surface area contributed by atoms with Crippen molar-refractivity contribution >= 4 is 18.0 Å². The minimum atomic E-state index is -1.05. The summed E-state index contributed by atoms with van der Waals surface area (Å²) in [6.45, 7) is 3.94. The normalized spacial score (nSPS) is 17.1. The molecule has 7 heteroatoms. The lowest BCUT2D eigenvalue weighted by atomic mass is 9.94. The van der Waals surface area contributed by atoms with Gasteiger partial charge in [-0.05, 0) is 60.8 Å². The number of amides is 2. The molecule has 2 aromatic carbocycles. The van der Waals surface area contributed by atoms with E-state index in [9.17, 15) is 14.4 Å². The molecule has 2 amide bonds. The molecule has 0 bridgehead atoms. The Morgan fingerprint density at radius 3 is 2.21 bits per heavy atom. The summed E-state index contributed by atoms with van der Waals surface area (Å²) in [5.74, 6) is -1.54. The molecule has 0 aromatic heterocycles. The number of aliphatic carboxylic acids is 1. The van der Waals surface area contributed by atoms with Gasteiger partial charge in [-0.2, -0.15) is 0 Å². The van der Waals surface area contributed by atoms with E-state index in [1.54, 1.807) is 13.8 Å². The van der Waals surface area contributed by atoms with Gasteiger partial charge in [0.2, 0.25) is 5.91 Å². The van der Waals surface area contributed by atoms with Gasteiger partial charge in [-0.1, -0.05) is 55.5 Å². The summed E-state index contributed by atoms with van der Waals surface area (Å²) in [5, 5.41) is 14.7. The molecular weight excluding hydrogens is 432 g/mol. The minimum absolute atomic E-state index is 0.0459. The molecule has 2 aliphatic rings. The number of ether oxygens (including phenoxy) is 1. The minimum Gasteiger partial charge on any atom is -0.481 e. The number of nitrogens with one attached hydrogen (secondary N) is 2. The molecule has 4 rings (SSSR count). The van der Waals surface area contributed by atoms with Crippen molar-refractivity contribution in [2.75, 3.05) is 13.2 Å². The number of hydrogen-bond acceptors (Lipinski definition) is 4. The molecule has 2 unspecified atom stereocenters. The molecule has 0 saturated heterocycles. The molecule has 3 N–H and O–H groups in total. The van der Waals surface area contributed by atoms with Crippen LogP contribution in [0.1, 0.15) is 56.6 Å². The summed E-state index contributed by atoms with van der Waals surface area (Å²) in [7, 11) is 0. The fraction of sp³-hybridized carbons (Fsp3) is 0.444. The number of carbonyl (C=O) groups excluding carboxylic acids is 2. The number of carboxylic acid groups (broad SMARTS) is 1. The van der Waals surface area contributed by atoms with Gasteiger partial charge in [0, 0.05) is 12.5 Å². The average Bonchev–Trinajstić information content (AvgIpc) is 3.64. The van der Waals surface area contributed by atoms with E-state index in [4.69, 9.17) is 9.84 Å². The fourth-order valence-corrected chi connectivity index (χ4v) is 4.77. The van der Waals surface area contributed by atoms with Crippen LogP contribution in [0.3, 0.4) is 0 Å². The van der Waals surface area contributed by atoms with Gasteiger partial charge in [0.1, 0.15) is 12.1 Å². The van der Waals surface area contributed by atoms with E-state index >= 15 is 0 Å². The first-order chi connectivity index (χ1) is 16.3. The number of fused-ring (bicyclic) bond motifs is 3. The van der Waals surface area contributed by atoms with Crippen molar-refractivity contribution in [2.45, 2.75) is 51.0 Å². The largest absolute Gasteiger partial charge is 0.481 e. The van der Waals surface area contributed by atoms with Crippen molar-refractivity contribution in [2.24, 2.45) is 11.8 Å². The van der Waals surface area contributed by atoms with Gasteiger partial charge in [0.25, 0.3) is 0 Å². The fourth-order valence-electron chi connectivity index (χ4n) is 4.77. The van der Waals surface area contributed by atoms with Gasteiger partial charge >= 0.3 is 12.1 Å². The van der Waals surface area contributed by atoms with Gasteiger partial charge in [0.05, 0.1) is 5.92 Å². The summed E-state index contributed by atoms with van der Waals surface area (Å²) in [6, 6.07) is 16.3. The average molecular weight is 465 g/mol. The second-order valence-electron chi connectivity index (χ2n) is 9.56. The van der Waals surface area contributed by atoms with Crippen LogP contribution in [0, 0.1) is 11.8 Å². The van der Waals surface area contributed by atoms with E-state index in [-0.39, 0.29) is 24.3 Å². The Hall–Kier alpha value is -3.35. The molecule has 2 aliphatic carbocycles. The van der Waals surface area contributed by atoms with Crippen LogP contribution in [0.2, 0.25) is 0 Å². The van der Waals surface area contributed by atoms with Gasteiger partial charge < -0.3 is 20.5 Å². The quantitative estimate of drug-likeness (QED) is 0.455. The van der Waals surface area contributed by atoms with E-state index in [1.165, 1.54) is 0 Å². The molecule has 7 nitrogen and oxygen atoms in total. The lowest BCUT2D eigenvalue weighted by Crippen LogP contribution is -2.58. The van der Waals surface area contributed by atoms with Crippen molar-refractivity contribution in [3.63, 3.8) is 0 Å². The zero-order valence-corrected chi connectivity index (χ0v) is 19.7. The summed E-state index contributed by atoms with van der Waals surface area (Å²) in [6.07, 6.45) is 2.17. The van der Waals surface area contributed by atoms with Crippen LogP contribution in [0.4, 0.5) is 4.79 Å². The highest BCUT2D eigenvalue weighted by Crippen LogP contribution is 2.44. The molecule has 2 aromatic rings. The van der Waals surface area contributed by atoms with Crippen molar-refractivity contribution in [3.05, 3.63) is 59.7 Å². The Kier molecular flexibility index (Phi) is 6.91. The smallest absolute Gasteiger partial charge is 0.408 e. The third kappa shape index (κ3) is 4.93. The van der Waals surface area contributed by atoms with Gasteiger partial charge in [-0.15, -0.1) is 0 Å². The van der Waals surface area contributed by atoms with Crippen molar-refractivity contribution in [3.8, 4) is 11.1 Å². The summed E-state index contributed by atoms with van der Waals surface area (Å²) < 4.78 is 5.65. The monoisotopic (exact) mass is 464 g/mol. The first kappa shape index (κ1) is 23.8. The number of rotatable bonds is 10. The predicted molar refractivity (Wildman–Crippen MR) is 128 cm³/mol. The summed E-state index contributed by atoms with van der Waals surface area (Å²) >= 11 is 0. The SMILES string of the molecule is CC(CCCNC(=O)C(C)(NC(=O)OCC1c2ccccc2-c2ccccc21)C1CC1)C(=O)O. The number of benzene rings is 2. The number of hydrogen-bond donors (Lipinski definition) is 3. The van der Waals surface area contributed by atoms with Gasteiger partial charge in [-0.3, -0.25) is 9.59 Å². The van der Waals surface area contributed by atoms with E-state index in [2.05, 4.69) is 34.9 Å². The van der Waals surface area contributed by atoms with Crippen LogP contribution < -0.4 is 10.6 Å². The summed E-state index contributed by atoms with van der Waals surface area (Å²) in [4.78, 5) is 36.7. The molecule has 0 radical (unpaired) electrons. The van der Waals surface area contributed by atoms with E-state index < -0.39 is 23.5 Å². The molecule has 0 heterocycles. The van der Waals surface area contributed by atoms with Crippen molar-refractivity contribution < 1.29 is 24.2 Å². The number of carbonyl (C=O) groups is 3. The Bertz CT molecular complexity index is 1030. The van der Waals surface area contributed by atoms with Gasteiger partial charge in [-0.25, -0.2) is 4.79 Å². The zero-order valence-electron chi connectivity index (χ0n) is 19.7. The maximum Gasteiger partial charge on any atom is 0.408 e. The molecule has 1 saturated carbocycles. The Balaban J connectivity index is 1.35. The second kappa shape index (κ2) is 9.87. The third-order valence-electron chi connectivity index (χ3n) is 7.09. The predicted octanol–water partition coefficient (Wildman–Crippen LogP) is 4.31. The molecule has 0 aliphatic heterocycles. The first-order valence-electron chi connectivity index (χ1n) is 12.0. The molecule has 0 spiro atoms. The molecule has 1 fully saturated rings.